The van der Waals surface area contributed by atoms with Crippen molar-refractivity contribution in [2.24, 2.45) is 0 Å². The first-order valence-corrected chi connectivity index (χ1v) is 9.38. The lowest BCUT2D eigenvalue weighted by atomic mass is 10.1. The Kier molecular flexibility index (Phi) is 6.32. The molecule has 1 saturated heterocycles. The number of hydrogen-bond acceptors (Lipinski definition) is 4. The lowest BCUT2D eigenvalue weighted by Gasteiger charge is -2.22. The lowest BCUT2D eigenvalue weighted by molar-refractivity contribution is -0.133. The van der Waals surface area contributed by atoms with Crippen LogP contribution >= 0.6 is 0 Å². The van der Waals surface area contributed by atoms with Crippen LogP contribution in [0.4, 0.5) is 0 Å². The number of nitrogens with zero attached hydrogens (tertiary/aromatic N) is 1. The Morgan fingerprint density at radius 2 is 2.08 bits per heavy atom. The van der Waals surface area contributed by atoms with Gasteiger partial charge in [-0.15, -0.1) is 0 Å². The molecule has 1 aliphatic carbocycles. The molecule has 138 valence electrons. The Morgan fingerprint density at radius 3 is 2.80 bits per heavy atom. The third-order valence-corrected chi connectivity index (χ3v) is 5.37. The van der Waals surface area contributed by atoms with Crippen LogP contribution in [0.2, 0.25) is 0 Å². The van der Waals surface area contributed by atoms with Gasteiger partial charge in [0.1, 0.15) is 5.75 Å². The average molecular weight is 347 g/mol. The highest BCUT2D eigenvalue weighted by molar-refractivity contribution is 5.77. The largest absolute Gasteiger partial charge is 0.490 e. The van der Waals surface area contributed by atoms with Crippen molar-refractivity contribution in [2.45, 2.75) is 63.2 Å². The van der Waals surface area contributed by atoms with Crippen LogP contribution in [0.15, 0.2) is 24.3 Å². The highest BCUT2D eigenvalue weighted by Gasteiger charge is 2.34. The summed E-state index contributed by atoms with van der Waals surface area (Å²) in [6, 6.07) is 7.97. The summed E-state index contributed by atoms with van der Waals surface area (Å²) in [5, 5.41) is 9.49. The Morgan fingerprint density at radius 1 is 1.28 bits per heavy atom. The number of amides is 1. The number of likely N-dealkylation sites (tertiary alicyclic amines) is 1. The van der Waals surface area contributed by atoms with Gasteiger partial charge in [-0.25, -0.2) is 0 Å². The van der Waals surface area contributed by atoms with E-state index in [9.17, 15) is 9.90 Å². The molecule has 1 N–H and O–H groups in total. The van der Waals surface area contributed by atoms with Crippen LogP contribution in [0, 0.1) is 0 Å². The van der Waals surface area contributed by atoms with Gasteiger partial charge in [-0.05, 0) is 56.2 Å². The number of aliphatic hydroxyl groups excluding tert-OH is 1. The molecule has 1 saturated carbocycles. The molecule has 0 unspecified atom stereocenters. The van der Waals surface area contributed by atoms with Crippen molar-refractivity contribution in [2.75, 3.05) is 20.3 Å². The fourth-order valence-electron chi connectivity index (χ4n) is 3.89. The number of carbonyl (C=O) groups excluding carboxylic acids is 1. The van der Waals surface area contributed by atoms with Gasteiger partial charge in [0.05, 0.1) is 24.9 Å². The molecule has 5 heteroatoms. The molecule has 1 aromatic rings. The minimum absolute atomic E-state index is 0.00366. The molecule has 2 aliphatic rings. The molecule has 1 aliphatic heterocycles. The van der Waals surface area contributed by atoms with Crippen molar-refractivity contribution in [3.8, 4) is 5.75 Å². The van der Waals surface area contributed by atoms with Crippen LogP contribution in [0.1, 0.15) is 44.1 Å². The van der Waals surface area contributed by atoms with Gasteiger partial charge in [0.2, 0.25) is 5.91 Å². The van der Waals surface area contributed by atoms with Gasteiger partial charge in [0.15, 0.2) is 0 Å². The van der Waals surface area contributed by atoms with Gasteiger partial charge < -0.3 is 19.5 Å². The van der Waals surface area contributed by atoms with Gasteiger partial charge in [0.25, 0.3) is 0 Å². The van der Waals surface area contributed by atoms with E-state index < -0.39 is 0 Å². The Balaban J connectivity index is 1.53. The summed E-state index contributed by atoms with van der Waals surface area (Å²) in [6.45, 7) is 0.571. The molecule has 25 heavy (non-hydrogen) atoms. The van der Waals surface area contributed by atoms with E-state index in [4.69, 9.17) is 9.47 Å². The minimum atomic E-state index is -0.116. The predicted molar refractivity (Wildman–Crippen MR) is 95.6 cm³/mol. The smallest absolute Gasteiger partial charge is 0.223 e. The summed E-state index contributed by atoms with van der Waals surface area (Å²) >= 11 is 0. The van der Waals surface area contributed by atoms with Crippen LogP contribution in [0.5, 0.6) is 5.75 Å². The molecule has 1 aromatic carbocycles. The number of carbonyl (C=O) groups is 1. The third-order valence-electron chi connectivity index (χ3n) is 5.37. The molecule has 5 nitrogen and oxygen atoms in total. The second kappa shape index (κ2) is 8.68. The molecular weight excluding hydrogens is 318 g/mol. The van der Waals surface area contributed by atoms with E-state index in [1.165, 1.54) is 12.8 Å². The zero-order valence-electron chi connectivity index (χ0n) is 15.0. The second-order valence-electron chi connectivity index (χ2n) is 7.15. The zero-order valence-corrected chi connectivity index (χ0v) is 15.0. The molecule has 1 amide bonds. The van der Waals surface area contributed by atoms with E-state index >= 15 is 0 Å². The van der Waals surface area contributed by atoms with Gasteiger partial charge in [-0.2, -0.15) is 0 Å². The van der Waals surface area contributed by atoms with Crippen LogP contribution in [-0.4, -0.2) is 54.4 Å². The Bertz CT molecular complexity index is 571. The van der Waals surface area contributed by atoms with Gasteiger partial charge >= 0.3 is 0 Å². The fourth-order valence-corrected chi connectivity index (χ4v) is 3.89. The van der Waals surface area contributed by atoms with E-state index in [0.29, 0.717) is 31.9 Å². The van der Waals surface area contributed by atoms with E-state index in [2.05, 4.69) is 6.07 Å². The summed E-state index contributed by atoms with van der Waals surface area (Å²) in [5.74, 6) is 0.992. The number of aryl methyl sites for hydroxylation is 1. The molecule has 0 bridgehead atoms. The summed E-state index contributed by atoms with van der Waals surface area (Å²) in [5.41, 5.74) is 1.12. The monoisotopic (exact) mass is 347 g/mol. The number of hydrogen-bond donors (Lipinski definition) is 1. The van der Waals surface area contributed by atoms with Crippen molar-refractivity contribution >= 4 is 5.91 Å². The minimum Gasteiger partial charge on any atom is -0.490 e. The highest BCUT2D eigenvalue weighted by atomic mass is 16.5. The van der Waals surface area contributed by atoms with Crippen molar-refractivity contribution < 1.29 is 19.4 Å². The van der Waals surface area contributed by atoms with Crippen LogP contribution in [0.3, 0.4) is 0 Å². The SMILES string of the molecule is CO[C@@H]1C[C@@H](CO)N(C(=O)CCc2cccc(OC3CCCC3)c2)C1. The Hall–Kier alpha value is -1.59. The first-order valence-electron chi connectivity index (χ1n) is 9.38. The van der Waals surface area contributed by atoms with Gasteiger partial charge in [0, 0.05) is 20.1 Å². The molecule has 0 radical (unpaired) electrons. The number of aliphatic hydroxyl groups is 1. The quantitative estimate of drug-likeness (QED) is 0.823. The maximum absolute atomic E-state index is 12.5. The first kappa shape index (κ1) is 18.2. The summed E-state index contributed by atoms with van der Waals surface area (Å²) in [4.78, 5) is 14.3. The van der Waals surface area contributed by atoms with Crippen LogP contribution in [0.25, 0.3) is 0 Å². The normalized spacial score (nSPS) is 24.0. The predicted octanol–water partition coefficient (Wildman–Crippen LogP) is 2.55. The molecule has 0 aromatic heterocycles. The standard InChI is InChI=1S/C20H29NO4/c1-24-19-12-16(14-22)21(13-19)20(23)10-9-15-5-4-8-18(11-15)25-17-6-2-3-7-17/h4-5,8,11,16-17,19,22H,2-3,6-7,9-10,12-14H2,1H3/t16-,19+/m0/s1. The number of methoxy groups -OCH3 is 1. The van der Waals surface area contributed by atoms with Crippen molar-refractivity contribution in [3.63, 3.8) is 0 Å². The lowest BCUT2D eigenvalue weighted by Crippen LogP contribution is -2.38. The average Bonchev–Trinajstić information content (AvgIpc) is 3.29. The number of rotatable bonds is 7. The van der Waals surface area contributed by atoms with Crippen molar-refractivity contribution in [3.05, 3.63) is 29.8 Å². The van der Waals surface area contributed by atoms with E-state index in [1.807, 2.05) is 18.2 Å². The number of benzene rings is 1. The summed E-state index contributed by atoms with van der Waals surface area (Å²) < 4.78 is 11.4. The maximum atomic E-state index is 12.5. The summed E-state index contributed by atoms with van der Waals surface area (Å²) in [6.07, 6.45) is 7.01. The molecule has 0 spiro atoms. The Labute approximate surface area is 149 Å². The van der Waals surface area contributed by atoms with Crippen molar-refractivity contribution in [1.82, 2.24) is 4.90 Å². The maximum Gasteiger partial charge on any atom is 0.223 e. The third kappa shape index (κ3) is 4.73. The first-order chi connectivity index (χ1) is 12.2. The molecule has 1 heterocycles. The van der Waals surface area contributed by atoms with E-state index in [0.717, 1.165) is 24.2 Å². The molecular formula is C20H29NO4. The van der Waals surface area contributed by atoms with Crippen molar-refractivity contribution in [1.29, 1.82) is 0 Å². The molecule has 3 rings (SSSR count). The second-order valence-corrected chi connectivity index (χ2v) is 7.15. The molecule has 2 fully saturated rings. The zero-order chi connectivity index (χ0) is 17.6. The van der Waals surface area contributed by atoms with E-state index in [-0.39, 0.29) is 24.7 Å². The topological polar surface area (TPSA) is 59.0 Å². The highest BCUT2D eigenvalue weighted by Crippen LogP contribution is 2.25. The fraction of sp³-hybridized carbons (Fsp3) is 0.650. The number of ether oxygens (including phenoxy) is 2. The molecule has 2 atom stereocenters. The van der Waals surface area contributed by atoms with Crippen LogP contribution in [-0.2, 0) is 16.0 Å². The van der Waals surface area contributed by atoms with Gasteiger partial charge in [-0.3, -0.25) is 4.79 Å². The van der Waals surface area contributed by atoms with Gasteiger partial charge in [-0.1, -0.05) is 12.1 Å². The summed E-state index contributed by atoms with van der Waals surface area (Å²) in [7, 11) is 1.66. The van der Waals surface area contributed by atoms with Crippen LogP contribution < -0.4 is 4.74 Å². The van der Waals surface area contributed by atoms with E-state index in [1.54, 1.807) is 12.0 Å².